The van der Waals surface area contributed by atoms with Crippen LogP contribution in [0.15, 0.2) is 30.3 Å². The van der Waals surface area contributed by atoms with E-state index in [1.54, 1.807) is 0 Å². The third-order valence-corrected chi connectivity index (χ3v) is 4.60. The van der Waals surface area contributed by atoms with Gasteiger partial charge in [0.15, 0.2) is 0 Å². The fourth-order valence-corrected chi connectivity index (χ4v) is 3.45. The molecule has 1 atom stereocenters. The largest absolute Gasteiger partial charge is 0.381 e. The van der Waals surface area contributed by atoms with Gasteiger partial charge in [-0.15, -0.1) is 11.8 Å². The highest BCUT2D eigenvalue weighted by Gasteiger charge is 2.20. The summed E-state index contributed by atoms with van der Waals surface area (Å²) in [5.41, 5.74) is 1.27. The molecular formula is C14H17NOS. The summed E-state index contributed by atoms with van der Waals surface area (Å²) >= 11 is 1.94. The van der Waals surface area contributed by atoms with Crippen LogP contribution in [-0.4, -0.2) is 18.5 Å². The topological polar surface area (TPSA) is 33.0 Å². The molecule has 0 N–H and O–H groups in total. The van der Waals surface area contributed by atoms with E-state index in [0.29, 0.717) is 16.9 Å². The molecule has 3 heteroatoms. The summed E-state index contributed by atoms with van der Waals surface area (Å²) in [4.78, 5) is 0. The number of nitriles is 1. The molecule has 0 amide bonds. The van der Waals surface area contributed by atoms with E-state index >= 15 is 0 Å². The molecule has 1 heterocycles. The second-order valence-corrected chi connectivity index (χ2v) is 5.72. The first-order chi connectivity index (χ1) is 8.40. The summed E-state index contributed by atoms with van der Waals surface area (Å²) in [7, 11) is 0. The van der Waals surface area contributed by atoms with Crippen LogP contribution in [0.2, 0.25) is 0 Å². The van der Waals surface area contributed by atoms with Gasteiger partial charge in [-0.2, -0.15) is 5.26 Å². The first-order valence-electron chi connectivity index (χ1n) is 6.05. The van der Waals surface area contributed by atoms with Crippen LogP contribution in [0.4, 0.5) is 0 Å². The smallest absolute Gasteiger partial charge is 0.0636 e. The fourth-order valence-electron chi connectivity index (χ4n) is 2.04. The van der Waals surface area contributed by atoms with Gasteiger partial charge in [-0.3, -0.25) is 0 Å². The molecule has 1 aliphatic rings. The Kier molecular flexibility index (Phi) is 4.90. The number of rotatable bonds is 4. The van der Waals surface area contributed by atoms with E-state index in [2.05, 4.69) is 18.2 Å². The molecule has 0 aromatic heterocycles. The van der Waals surface area contributed by atoms with Crippen molar-refractivity contribution in [1.29, 1.82) is 5.26 Å². The van der Waals surface area contributed by atoms with Crippen molar-refractivity contribution in [3.63, 3.8) is 0 Å². The van der Waals surface area contributed by atoms with Crippen molar-refractivity contribution >= 4 is 11.8 Å². The van der Waals surface area contributed by atoms with Gasteiger partial charge in [0.1, 0.15) is 0 Å². The number of benzene rings is 1. The van der Waals surface area contributed by atoms with Crippen LogP contribution in [-0.2, 0) is 4.74 Å². The molecule has 0 spiro atoms. The fraction of sp³-hybridized carbons (Fsp3) is 0.500. The van der Waals surface area contributed by atoms with Gasteiger partial charge in [0.2, 0.25) is 0 Å². The molecule has 1 fully saturated rings. The van der Waals surface area contributed by atoms with E-state index < -0.39 is 0 Å². The molecule has 90 valence electrons. The minimum absolute atomic E-state index is 0.310. The third kappa shape index (κ3) is 3.76. The van der Waals surface area contributed by atoms with Gasteiger partial charge in [-0.25, -0.2) is 0 Å². The molecule has 0 aliphatic carbocycles. The highest BCUT2D eigenvalue weighted by atomic mass is 32.2. The Bertz CT molecular complexity index is 368. The predicted molar refractivity (Wildman–Crippen MR) is 70.8 cm³/mol. The van der Waals surface area contributed by atoms with Crippen LogP contribution in [0.1, 0.15) is 30.1 Å². The lowest BCUT2D eigenvalue weighted by Gasteiger charge is -2.25. The summed E-state index contributed by atoms with van der Waals surface area (Å²) in [6, 6.07) is 12.7. The second kappa shape index (κ2) is 6.68. The van der Waals surface area contributed by atoms with Crippen molar-refractivity contribution < 1.29 is 4.74 Å². The lowest BCUT2D eigenvalue weighted by atomic mass is 10.1. The van der Waals surface area contributed by atoms with Gasteiger partial charge in [0.05, 0.1) is 12.5 Å². The Morgan fingerprint density at radius 3 is 2.65 bits per heavy atom. The summed E-state index contributed by atoms with van der Waals surface area (Å²) in [5, 5.41) is 9.89. The highest BCUT2D eigenvalue weighted by molar-refractivity contribution is 8.00. The van der Waals surface area contributed by atoms with Gasteiger partial charge in [0, 0.05) is 23.7 Å². The number of hydrogen-bond acceptors (Lipinski definition) is 3. The molecular weight excluding hydrogens is 230 g/mol. The number of hydrogen-bond donors (Lipinski definition) is 0. The van der Waals surface area contributed by atoms with E-state index in [4.69, 9.17) is 10.00 Å². The summed E-state index contributed by atoms with van der Waals surface area (Å²) in [5.74, 6) is 0. The molecule has 17 heavy (non-hydrogen) atoms. The lowest BCUT2D eigenvalue weighted by Crippen LogP contribution is -2.18. The molecule has 2 nitrogen and oxygen atoms in total. The zero-order valence-electron chi connectivity index (χ0n) is 9.84. The van der Waals surface area contributed by atoms with Crippen molar-refractivity contribution in [2.24, 2.45) is 0 Å². The SMILES string of the molecule is N#CCC(SC1CCOCC1)c1ccccc1. The van der Waals surface area contributed by atoms with Gasteiger partial charge in [-0.05, 0) is 18.4 Å². The van der Waals surface area contributed by atoms with Crippen LogP contribution < -0.4 is 0 Å². The maximum atomic E-state index is 8.94. The van der Waals surface area contributed by atoms with Crippen LogP contribution >= 0.6 is 11.8 Å². The average molecular weight is 247 g/mol. The zero-order chi connectivity index (χ0) is 11.9. The summed E-state index contributed by atoms with van der Waals surface area (Å²) in [6.45, 7) is 1.73. The molecule has 2 rings (SSSR count). The monoisotopic (exact) mass is 247 g/mol. The van der Waals surface area contributed by atoms with E-state index in [1.165, 1.54) is 5.56 Å². The Hall–Kier alpha value is -0.980. The average Bonchev–Trinajstić information content (AvgIpc) is 2.40. The molecule has 0 radical (unpaired) electrons. The third-order valence-electron chi connectivity index (χ3n) is 2.97. The Labute approximate surface area is 107 Å². The van der Waals surface area contributed by atoms with E-state index in [-0.39, 0.29) is 0 Å². The molecule has 0 saturated carbocycles. The van der Waals surface area contributed by atoms with E-state index in [9.17, 15) is 0 Å². The van der Waals surface area contributed by atoms with Gasteiger partial charge >= 0.3 is 0 Å². The highest BCUT2D eigenvalue weighted by Crippen LogP contribution is 2.38. The molecule has 1 aromatic carbocycles. The minimum Gasteiger partial charge on any atom is -0.381 e. The second-order valence-electron chi connectivity index (χ2n) is 4.21. The van der Waals surface area contributed by atoms with Crippen molar-refractivity contribution in [3.05, 3.63) is 35.9 Å². The van der Waals surface area contributed by atoms with E-state index in [0.717, 1.165) is 26.1 Å². The van der Waals surface area contributed by atoms with Gasteiger partial charge < -0.3 is 4.74 Å². The summed E-state index contributed by atoms with van der Waals surface area (Å²) in [6.07, 6.45) is 2.81. The molecule has 0 bridgehead atoms. The lowest BCUT2D eigenvalue weighted by molar-refractivity contribution is 0.0999. The van der Waals surface area contributed by atoms with Crippen molar-refractivity contribution in [2.75, 3.05) is 13.2 Å². The standard InChI is InChI=1S/C14H17NOS/c15-9-6-14(12-4-2-1-3-5-12)17-13-7-10-16-11-8-13/h1-5,13-14H,6-8,10-11H2. The Morgan fingerprint density at radius 2 is 2.00 bits per heavy atom. The van der Waals surface area contributed by atoms with E-state index in [1.807, 2.05) is 30.0 Å². The molecule has 1 aliphatic heterocycles. The molecule has 1 aromatic rings. The maximum Gasteiger partial charge on any atom is 0.0636 e. The summed E-state index contributed by atoms with van der Waals surface area (Å²) < 4.78 is 5.37. The number of ether oxygens (including phenoxy) is 1. The Balaban J connectivity index is 1.99. The number of nitrogens with zero attached hydrogens (tertiary/aromatic N) is 1. The predicted octanol–water partition coefficient (Wildman–Crippen LogP) is 3.55. The van der Waals surface area contributed by atoms with Crippen molar-refractivity contribution in [1.82, 2.24) is 0 Å². The van der Waals surface area contributed by atoms with Crippen LogP contribution in [0.5, 0.6) is 0 Å². The normalized spacial score (nSPS) is 18.5. The van der Waals surface area contributed by atoms with Gasteiger partial charge in [-0.1, -0.05) is 30.3 Å². The number of thioether (sulfide) groups is 1. The van der Waals surface area contributed by atoms with Crippen LogP contribution in [0.3, 0.4) is 0 Å². The molecule has 1 saturated heterocycles. The zero-order valence-corrected chi connectivity index (χ0v) is 10.7. The minimum atomic E-state index is 0.310. The first-order valence-corrected chi connectivity index (χ1v) is 6.99. The van der Waals surface area contributed by atoms with Gasteiger partial charge in [0.25, 0.3) is 0 Å². The molecule has 1 unspecified atom stereocenters. The van der Waals surface area contributed by atoms with Crippen LogP contribution in [0, 0.1) is 11.3 Å². The van der Waals surface area contributed by atoms with Crippen molar-refractivity contribution in [3.8, 4) is 6.07 Å². The van der Waals surface area contributed by atoms with Crippen molar-refractivity contribution in [2.45, 2.75) is 29.8 Å². The quantitative estimate of drug-likeness (QED) is 0.815. The van der Waals surface area contributed by atoms with Crippen LogP contribution in [0.25, 0.3) is 0 Å². The first kappa shape index (κ1) is 12.5. The Morgan fingerprint density at radius 1 is 1.29 bits per heavy atom. The maximum absolute atomic E-state index is 8.94.